The SMILES string of the molecule is O=S(=O)(O)C1(/N=N/c2ccc(/N=N/c3ccccc3)cc2)C=Cc2ccccc2C1(O)S(=O)(=O)O. The van der Waals surface area contributed by atoms with E-state index in [9.17, 15) is 31.0 Å². The molecule has 0 bridgehead atoms. The van der Waals surface area contributed by atoms with Crippen molar-refractivity contribution in [3.63, 3.8) is 0 Å². The van der Waals surface area contributed by atoms with Crippen molar-refractivity contribution < 1.29 is 31.0 Å². The Hall–Kier alpha value is -3.62. The van der Waals surface area contributed by atoms with E-state index in [0.717, 1.165) is 12.1 Å². The van der Waals surface area contributed by atoms with Crippen LogP contribution in [-0.2, 0) is 25.2 Å². The van der Waals surface area contributed by atoms with Gasteiger partial charge in [-0.3, -0.25) is 9.11 Å². The first-order valence-corrected chi connectivity index (χ1v) is 12.8. The summed E-state index contributed by atoms with van der Waals surface area (Å²) in [6, 6.07) is 20.0. The van der Waals surface area contributed by atoms with Crippen LogP contribution in [0.25, 0.3) is 6.08 Å². The van der Waals surface area contributed by atoms with Gasteiger partial charge in [0.25, 0.3) is 9.80 Å². The molecule has 1 aliphatic rings. The van der Waals surface area contributed by atoms with Crippen molar-refractivity contribution in [2.24, 2.45) is 20.5 Å². The number of benzene rings is 3. The largest absolute Gasteiger partial charge is 0.366 e. The topological polar surface area (TPSA) is 178 Å². The van der Waals surface area contributed by atoms with Gasteiger partial charge in [-0.05, 0) is 48.0 Å². The highest BCUT2D eigenvalue weighted by Gasteiger charge is 2.69. The summed E-state index contributed by atoms with van der Waals surface area (Å²) in [4.78, 5) is -6.89. The van der Waals surface area contributed by atoms with Crippen molar-refractivity contribution in [3.8, 4) is 0 Å². The molecule has 1 aliphatic carbocycles. The number of hydrogen-bond acceptors (Lipinski definition) is 9. The van der Waals surface area contributed by atoms with Crippen LogP contribution >= 0.6 is 0 Å². The second-order valence-corrected chi connectivity index (χ2v) is 10.6. The molecule has 35 heavy (non-hydrogen) atoms. The Bertz CT molecular complexity index is 1550. The Kier molecular flexibility index (Phi) is 6.21. The number of azo groups is 2. The van der Waals surface area contributed by atoms with E-state index in [1.807, 2.05) is 6.07 Å². The maximum atomic E-state index is 12.5. The quantitative estimate of drug-likeness (QED) is 0.319. The van der Waals surface area contributed by atoms with Crippen molar-refractivity contribution >= 4 is 43.4 Å². The zero-order chi connectivity index (χ0) is 25.3. The third kappa shape index (κ3) is 4.31. The molecule has 3 aromatic rings. The number of aliphatic hydroxyl groups is 1. The van der Waals surface area contributed by atoms with Gasteiger partial charge >= 0.3 is 20.2 Å². The molecule has 4 rings (SSSR count). The summed E-state index contributed by atoms with van der Waals surface area (Å²) in [5, 5.41) is 26.6. The van der Waals surface area contributed by atoms with Gasteiger partial charge in [-0.15, -0.1) is 0 Å². The van der Waals surface area contributed by atoms with Gasteiger partial charge in [-0.1, -0.05) is 48.5 Å². The molecule has 0 fully saturated rings. The van der Waals surface area contributed by atoms with Crippen LogP contribution in [0.4, 0.5) is 17.1 Å². The molecule has 0 saturated heterocycles. The van der Waals surface area contributed by atoms with Crippen molar-refractivity contribution in [1.29, 1.82) is 0 Å². The van der Waals surface area contributed by atoms with Gasteiger partial charge in [0.1, 0.15) is 0 Å². The van der Waals surface area contributed by atoms with E-state index >= 15 is 0 Å². The molecule has 0 radical (unpaired) electrons. The van der Waals surface area contributed by atoms with Gasteiger partial charge in [0.15, 0.2) is 0 Å². The molecule has 0 aromatic heterocycles. The summed E-state index contributed by atoms with van der Waals surface area (Å²) >= 11 is 0. The maximum absolute atomic E-state index is 12.5. The third-order valence-electron chi connectivity index (χ3n) is 5.27. The van der Waals surface area contributed by atoms with Gasteiger partial charge in [0, 0.05) is 5.56 Å². The van der Waals surface area contributed by atoms with Crippen molar-refractivity contribution in [1.82, 2.24) is 0 Å². The molecule has 3 aromatic carbocycles. The van der Waals surface area contributed by atoms with Crippen LogP contribution < -0.4 is 0 Å². The molecule has 2 unspecified atom stereocenters. The minimum atomic E-state index is -5.59. The van der Waals surface area contributed by atoms with E-state index in [2.05, 4.69) is 20.5 Å². The lowest BCUT2D eigenvalue weighted by Gasteiger charge is -2.39. The summed E-state index contributed by atoms with van der Waals surface area (Å²) < 4.78 is 69.6. The van der Waals surface area contributed by atoms with Crippen LogP contribution in [0.2, 0.25) is 0 Å². The molecule has 2 atom stereocenters. The predicted molar refractivity (Wildman–Crippen MR) is 127 cm³/mol. The molecular weight excluding hydrogens is 496 g/mol. The first-order chi connectivity index (χ1) is 16.5. The fourth-order valence-electron chi connectivity index (χ4n) is 3.52. The van der Waals surface area contributed by atoms with E-state index in [1.165, 1.54) is 42.5 Å². The molecule has 180 valence electrons. The summed E-state index contributed by atoms with van der Waals surface area (Å²) in [6.07, 6.45) is 1.80. The molecule has 0 amide bonds. The molecule has 3 N–H and O–H groups in total. The Morgan fingerprint density at radius 2 is 1.14 bits per heavy atom. The smallest absolute Gasteiger partial charge is 0.303 e. The van der Waals surface area contributed by atoms with Crippen LogP contribution in [0.1, 0.15) is 11.1 Å². The number of nitrogens with zero attached hydrogens (tertiary/aromatic N) is 4. The van der Waals surface area contributed by atoms with Gasteiger partial charge in [-0.2, -0.15) is 37.3 Å². The molecule has 0 saturated carbocycles. The fourth-order valence-corrected chi connectivity index (χ4v) is 5.94. The minimum Gasteiger partial charge on any atom is -0.366 e. The van der Waals surface area contributed by atoms with E-state index in [0.29, 0.717) is 17.5 Å². The van der Waals surface area contributed by atoms with E-state index in [1.54, 1.807) is 24.3 Å². The molecule has 0 spiro atoms. The zero-order valence-corrected chi connectivity index (χ0v) is 19.4. The summed E-state index contributed by atoms with van der Waals surface area (Å²) in [7, 11) is -11.1. The van der Waals surface area contributed by atoms with Gasteiger partial charge < -0.3 is 5.11 Å². The number of fused-ring (bicyclic) bond motifs is 1. The van der Waals surface area contributed by atoms with Crippen LogP contribution in [-0.4, -0.2) is 35.9 Å². The Labute approximate surface area is 200 Å². The minimum absolute atomic E-state index is 0.0385. The zero-order valence-electron chi connectivity index (χ0n) is 17.7. The molecular formula is C22H18N4O7S2. The third-order valence-corrected chi connectivity index (χ3v) is 7.97. The predicted octanol–water partition coefficient (Wildman–Crippen LogP) is 4.53. The van der Waals surface area contributed by atoms with Crippen LogP contribution in [0.5, 0.6) is 0 Å². The average Bonchev–Trinajstić information content (AvgIpc) is 2.82. The Balaban J connectivity index is 1.76. The highest BCUT2D eigenvalue weighted by Crippen LogP contribution is 2.49. The van der Waals surface area contributed by atoms with Gasteiger partial charge in [-0.25, -0.2) is 0 Å². The maximum Gasteiger partial charge on any atom is 0.303 e. The average molecular weight is 515 g/mol. The Morgan fingerprint density at radius 1 is 0.629 bits per heavy atom. The van der Waals surface area contributed by atoms with E-state index < -0.39 is 35.6 Å². The lowest BCUT2D eigenvalue weighted by atomic mass is 9.90. The summed E-state index contributed by atoms with van der Waals surface area (Å²) in [6.45, 7) is 0. The van der Waals surface area contributed by atoms with Crippen LogP contribution in [0, 0.1) is 0 Å². The van der Waals surface area contributed by atoms with Crippen molar-refractivity contribution in [2.75, 3.05) is 0 Å². The normalized spacial score (nSPS) is 22.5. The first-order valence-electron chi connectivity index (χ1n) is 9.93. The molecule has 11 nitrogen and oxygen atoms in total. The molecule has 0 heterocycles. The van der Waals surface area contributed by atoms with Crippen LogP contribution in [0.15, 0.2) is 105 Å². The lowest BCUT2D eigenvalue weighted by molar-refractivity contribution is 0.0764. The van der Waals surface area contributed by atoms with Crippen molar-refractivity contribution in [2.45, 2.75) is 9.80 Å². The van der Waals surface area contributed by atoms with Crippen LogP contribution in [0.3, 0.4) is 0 Å². The number of rotatable bonds is 6. The highest BCUT2D eigenvalue weighted by atomic mass is 32.2. The van der Waals surface area contributed by atoms with Crippen molar-refractivity contribution in [3.05, 3.63) is 96.1 Å². The van der Waals surface area contributed by atoms with Gasteiger partial charge in [0.05, 0.1) is 17.1 Å². The standard InChI is InChI=1S/C22H18N4O7S2/c27-22(35(31,32)33)20-9-5-4-6-16(20)14-15-21(22,34(28,29)30)26-25-19-12-10-18(11-13-19)24-23-17-7-2-1-3-8-17/h1-15,27H,(H,28,29,30)(H,31,32,33)/b24-23+,26-25+. The second-order valence-electron chi connectivity index (χ2n) is 7.46. The highest BCUT2D eigenvalue weighted by molar-refractivity contribution is 7.91. The van der Waals surface area contributed by atoms with E-state index in [4.69, 9.17) is 0 Å². The second kappa shape index (κ2) is 8.87. The molecule has 13 heteroatoms. The first kappa shape index (κ1) is 24.5. The summed E-state index contributed by atoms with van der Waals surface area (Å²) in [5.41, 5.74) is 0.684. The van der Waals surface area contributed by atoms with Gasteiger partial charge in [0.2, 0.25) is 0 Å². The summed E-state index contributed by atoms with van der Waals surface area (Å²) in [5.74, 6) is 0. The molecule has 0 aliphatic heterocycles. The number of hydrogen-bond donors (Lipinski definition) is 3. The fraction of sp³-hybridized carbons (Fsp3) is 0.0909. The Morgan fingerprint density at radius 3 is 1.71 bits per heavy atom. The monoisotopic (exact) mass is 514 g/mol. The lowest BCUT2D eigenvalue weighted by Crippen LogP contribution is -2.59. The van der Waals surface area contributed by atoms with E-state index in [-0.39, 0.29) is 11.3 Å².